The van der Waals surface area contributed by atoms with E-state index in [1.165, 1.54) is 0 Å². The second kappa shape index (κ2) is 6.20. The molecular formula is C14H10ClIO2. The largest absolute Gasteiger partial charge is 0.457 e. The normalized spacial score (nSPS) is 10.1. The number of halogens is 2. The number of ether oxygens (including phenoxy) is 1. The summed E-state index contributed by atoms with van der Waals surface area (Å²) in [6, 6.07) is 14.7. The summed E-state index contributed by atoms with van der Waals surface area (Å²) >= 11 is 8.01. The molecule has 2 nitrogen and oxygen atoms in total. The second-order valence-corrected chi connectivity index (χ2v) is 5.40. The first-order chi connectivity index (χ1) is 8.65. The molecule has 0 atom stereocenters. The van der Waals surface area contributed by atoms with Crippen molar-refractivity contribution in [3.63, 3.8) is 0 Å². The summed E-state index contributed by atoms with van der Waals surface area (Å²) in [5, 5.41) is 0.536. The lowest BCUT2D eigenvalue weighted by atomic mass is 10.2. The van der Waals surface area contributed by atoms with Gasteiger partial charge >= 0.3 is 5.97 Å². The number of benzene rings is 2. The van der Waals surface area contributed by atoms with Crippen molar-refractivity contribution in [1.29, 1.82) is 0 Å². The van der Waals surface area contributed by atoms with Gasteiger partial charge in [-0.2, -0.15) is 0 Å². The summed E-state index contributed by atoms with van der Waals surface area (Å²) in [4.78, 5) is 11.8. The van der Waals surface area contributed by atoms with Gasteiger partial charge in [0.15, 0.2) is 0 Å². The maximum Gasteiger partial charge on any atom is 0.338 e. The Morgan fingerprint density at radius 1 is 1.17 bits per heavy atom. The summed E-state index contributed by atoms with van der Waals surface area (Å²) in [5.41, 5.74) is 1.44. The van der Waals surface area contributed by atoms with Gasteiger partial charge in [0, 0.05) is 8.59 Å². The lowest BCUT2D eigenvalue weighted by Crippen LogP contribution is -2.05. The van der Waals surface area contributed by atoms with Gasteiger partial charge in [0.1, 0.15) is 6.61 Å². The van der Waals surface area contributed by atoms with E-state index in [0.717, 1.165) is 9.13 Å². The van der Waals surface area contributed by atoms with Gasteiger partial charge in [0.25, 0.3) is 0 Å². The molecule has 18 heavy (non-hydrogen) atoms. The molecule has 0 aliphatic rings. The Bertz CT molecular complexity index is 535. The zero-order valence-corrected chi connectivity index (χ0v) is 12.3. The fraction of sp³-hybridized carbons (Fsp3) is 0.0714. The second-order valence-electron chi connectivity index (χ2n) is 3.72. The Hall–Kier alpha value is -1.07. The third-order valence-electron chi connectivity index (χ3n) is 2.31. The number of carbonyl (C=O) groups is 1. The monoisotopic (exact) mass is 372 g/mol. The third-order valence-corrected chi connectivity index (χ3v) is 3.15. The van der Waals surface area contributed by atoms with Crippen LogP contribution in [-0.2, 0) is 11.3 Å². The predicted octanol–water partition coefficient (Wildman–Crippen LogP) is 4.30. The van der Waals surface area contributed by atoms with Crippen molar-refractivity contribution in [2.45, 2.75) is 6.61 Å². The van der Waals surface area contributed by atoms with Crippen LogP contribution in [0.15, 0.2) is 48.5 Å². The van der Waals surface area contributed by atoms with Gasteiger partial charge in [-0.1, -0.05) is 41.9 Å². The van der Waals surface area contributed by atoms with E-state index in [4.69, 9.17) is 16.3 Å². The number of rotatable bonds is 3. The smallest absolute Gasteiger partial charge is 0.338 e. The zero-order chi connectivity index (χ0) is 13.0. The van der Waals surface area contributed by atoms with E-state index in [1.807, 2.05) is 30.3 Å². The van der Waals surface area contributed by atoms with E-state index in [-0.39, 0.29) is 12.6 Å². The summed E-state index contributed by atoms with van der Waals surface area (Å²) in [6.45, 7) is 0.267. The maximum atomic E-state index is 11.8. The maximum absolute atomic E-state index is 11.8. The van der Waals surface area contributed by atoms with Crippen LogP contribution in [0, 0.1) is 3.57 Å². The van der Waals surface area contributed by atoms with E-state index < -0.39 is 0 Å². The molecule has 0 spiro atoms. The van der Waals surface area contributed by atoms with Crippen molar-refractivity contribution < 1.29 is 9.53 Å². The Balaban J connectivity index is 2.04. The van der Waals surface area contributed by atoms with E-state index in [2.05, 4.69) is 22.6 Å². The molecule has 0 aromatic heterocycles. The van der Waals surface area contributed by atoms with Crippen LogP contribution in [0.4, 0.5) is 0 Å². The summed E-state index contributed by atoms with van der Waals surface area (Å²) in [5.74, 6) is -0.362. The highest BCUT2D eigenvalue weighted by molar-refractivity contribution is 14.1. The fourth-order valence-corrected chi connectivity index (χ4v) is 2.57. The van der Waals surface area contributed by atoms with Crippen molar-refractivity contribution in [3.8, 4) is 0 Å². The highest BCUT2D eigenvalue weighted by atomic mass is 127. The molecule has 4 heteroatoms. The summed E-state index contributed by atoms with van der Waals surface area (Å²) in [6.07, 6.45) is 0. The molecule has 0 heterocycles. The van der Waals surface area contributed by atoms with Crippen LogP contribution in [0.3, 0.4) is 0 Å². The number of hydrogen-bond acceptors (Lipinski definition) is 2. The average Bonchev–Trinajstić information content (AvgIpc) is 2.36. The van der Waals surface area contributed by atoms with E-state index >= 15 is 0 Å². The molecule has 2 aromatic rings. The lowest BCUT2D eigenvalue weighted by Gasteiger charge is -2.05. The van der Waals surface area contributed by atoms with Crippen LogP contribution in [0.5, 0.6) is 0 Å². The van der Waals surface area contributed by atoms with E-state index in [1.54, 1.807) is 18.2 Å². The first-order valence-corrected chi connectivity index (χ1v) is 6.78. The van der Waals surface area contributed by atoms with Gasteiger partial charge in [-0.25, -0.2) is 4.79 Å². The standard InChI is InChI=1S/C14H10ClIO2/c15-12-6-11(7-13(16)8-12)14(17)18-9-10-4-2-1-3-5-10/h1-8H,9H2. The Morgan fingerprint density at radius 2 is 1.89 bits per heavy atom. The SMILES string of the molecule is O=C(OCc1ccccc1)c1cc(Cl)cc(I)c1. The number of hydrogen-bond donors (Lipinski definition) is 0. The van der Waals surface area contributed by atoms with Crippen LogP contribution in [0.1, 0.15) is 15.9 Å². The highest BCUT2D eigenvalue weighted by Gasteiger charge is 2.09. The van der Waals surface area contributed by atoms with Crippen molar-refractivity contribution >= 4 is 40.2 Å². The topological polar surface area (TPSA) is 26.3 Å². The average molecular weight is 373 g/mol. The Morgan fingerprint density at radius 3 is 2.56 bits per heavy atom. The molecule has 0 bridgehead atoms. The molecule has 0 aliphatic heterocycles. The van der Waals surface area contributed by atoms with Gasteiger partial charge in [0.05, 0.1) is 5.56 Å². The van der Waals surface area contributed by atoms with Crippen LogP contribution >= 0.6 is 34.2 Å². The highest BCUT2D eigenvalue weighted by Crippen LogP contribution is 2.17. The predicted molar refractivity (Wildman–Crippen MR) is 79.7 cm³/mol. The molecular weight excluding hydrogens is 363 g/mol. The van der Waals surface area contributed by atoms with Gasteiger partial charge in [0.2, 0.25) is 0 Å². The zero-order valence-electron chi connectivity index (χ0n) is 9.40. The van der Waals surface area contributed by atoms with E-state index in [0.29, 0.717) is 10.6 Å². The molecule has 0 radical (unpaired) electrons. The van der Waals surface area contributed by atoms with Crippen molar-refractivity contribution in [1.82, 2.24) is 0 Å². The quantitative estimate of drug-likeness (QED) is 0.593. The first kappa shape index (κ1) is 13.4. The van der Waals surface area contributed by atoms with Crippen molar-refractivity contribution in [2.75, 3.05) is 0 Å². The molecule has 2 aromatic carbocycles. The molecule has 0 N–H and O–H groups in total. The lowest BCUT2D eigenvalue weighted by molar-refractivity contribution is 0.0472. The van der Waals surface area contributed by atoms with Gasteiger partial charge < -0.3 is 4.74 Å². The van der Waals surface area contributed by atoms with Crippen molar-refractivity contribution in [2.24, 2.45) is 0 Å². The number of esters is 1. The van der Waals surface area contributed by atoms with Crippen LogP contribution in [0.25, 0.3) is 0 Å². The van der Waals surface area contributed by atoms with Gasteiger partial charge in [-0.3, -0.25) is 0 Å². The Kier molecular flexibility index (Phi) is 4.60. The minimum atomic E-state index is -0.362. The minimum absolute atomic E-state index is 0.267. The van der Waals surface area contributed by atoms with E-state index in [9.17, 15) is 4.79 Å². The molecule has 0 amide bonds. The third kappa shape index (κ3) is 3.71. The molecule has 0 aliphatic carbocycles. The molecule has 2 rings (SSSR count). The minimum Gasteiger partial charge on any atom is -0.457 e. The molecule has 0 saturated carbocycles. The van der Waals surface area contributed by atoms with Crippen LogP contribution in [0.2, 0.25) is 5.02 Å². The Labute approximate surface area is 124 Å². The fourth-order valence-electron chi connectivity index (χ4n) is 1.48. The number of carbonyl (C=O) groups excluding carboxylic acids is 1. The molecule has 0 fully saturated rings. The molecule has 0 saturated heterocycles. The van der Waals surface area contributed by atoms with Crippen LogP contribution in [-0.4, -0.2) is 5.97 Å². The molecule has 92 valence electrons. The summed E-state index contributed by atoms with van der Waals surface area (Å²) < 4.78 is 6.13. The van der Waals surface area contributed by atoms with Crippen LogP contribution < -0.4 is 0 Å². The van der Waals surface area contributed by atoms with Gasteiger partial charge in [-0.05, 0) is 46.4 Å². The van der Waals surface area contributed by atoms with Gasteiger partial charge in [-0.15, -0.1) is 0 Å². The molecule has 0 unspecified atom stereocenters. The first-order valence-electron chi connectivity index (χ1n) is 5.32. The van der Waals surface area contributed by atoms with Crippen molar-refractivity contribution in [3.05, 3.63) is 68.3 Å². The summed E-state index contributed by atoms with van der Waals surface area (Å²) in [7, 11) is 0.